The summed E-state index contributed by atoms with van der Waals surface area (Å²) >= 11 is 0. The number of hydrogen-bond donors (Lipinski definition) is 1. The van der Waals surface area contributed by atoms with Gasteiger partial charge in [0.1, 0.15) is 0 Å². The zero-order valence-corrected chi connectivity index (χ0v) is 13.6. The predicted molar refractivity (Wildman–Crippen MR) is 81.8 cm³/mol. The smallest absolute Gasteiger partial charge is 0.310 e. The van der Waals surface area contributed by atoms with Gasteiger partial charge >= 0.3 is 5.97 Å². The molecule has 4 heteroatoms. The summed E-state index contributed by atoms with van der Waals surface area (Å²) in [6.07, 6.45) is 6.38. The molecule has 0 spiro atoms. The topological polar surface area (TPSA) is 57.6 Å². The maximum atomic E-state index is 12.6. The molecule has 1 saturated carbocycles. The molecule has 1 amide bonds. The Bertz CT molecular complexity index is 407. The number of hydrogen-bond acceptors (Lipinski definition) is 2. The van der Waals surface area contributed by atoms with Gasteiger partial charge in [0.25, 0.3) is 0 Å². The first-order valence-corrected chi connectivity index (χ1v) is 8.35. The minimum Gasteiger partial charge on any atom is -0.481 e. The van der Waals surface area contributed by atoms with E-state index in [2.05, 4.69) is 0 Å². The highest BCUT2D eigenvalue weighted by molar-refractivity contribution is 5.85. The van der Waals surface area contributed by atoms with Crippen molar-refractivity contribution < 1.29 is 14.7 Å². The van der Waals surface area contributed by atoms with E-state index >= 15 is 0 Å². The van der Waals surface area contributed by atoms with Crippen molar-refractivity contribution >= 4 is 11.9 Å². The molecular formula is C17H29NO3. The van der Waals surface area contributed by atoms with Crippen LogP contribution in [0.15, 0.2) is 0 Å². The maximum absolute atomic E-state index is 12.6. The molecule has 1 aliphatic heterocycles. The number of fused-ring (bicyclic) bond motifs is 1. The van der Waals surface area contributed by atoms with Gasteiger partial charge in [-0.25, -0.2) is 0 Å². The number of carbonyl (C=O) groups is 2. The predicted octanol–water partition coefficient (Wildman–Crippen LogP) is 3.16. The number of rotatable bonds is 4. The number of carboxylic acids is 1. The summed E-state index contributed by atoms with van der Waals surface area (Å²) in [5, 5.41) is 9.47. The van der Waals surface area contributed by atoms with Crippen molar-refractivity contribution in [3.05, 3.63) is 0 Å². The largest absolute Gasteiger partial charge is 0.481 e. The first-order valence-electron chi connectivity index (χ1n) is 8.35. The molecule has 1 N–H and O–H groups in total. The molecule has 0 radical (unpaired) electrons. The van der Waals surface area contributed by atoms with Crippen LogP contribution in [-0.2, 0) is 9.59 Å². The Balaban J connectivity index is 1.98. The van der Waals surface area contributed by atoms with Crippen LogP contribution in [0.25, 0.3) is 0 Å². The summed E-state index contributed by atoms with van der Waals surface area (Å²) in [5.74, 6) is 0.549. The standard InChI is InChI=1S/C17H29NO3/c1-12(2)17(3,16(20)21)10-15(19)18-9-8-13-6-4-5-7-14(13)11-18/h12-14H,4-11H2,1-3H3,(H,20,21). The lowest BCUT2D eigenvalue weighted by molar-refractivity contribution is -0.156. The summed E-state index contributed by atoms with van der Waals surface area (Å²) in [6, 6.07) is 0. The van der Waals surface area contributed by atoms with E-state index in [0.717, 1.165) is 25.4 Å². The minimum absolute atomic E-state index is 0.0256. The number of amides is 1. The van der Waals surface area contributed by atoms with Gasteiger partial charge in [0.15, 0.2) is 0 Å². The minimum atomic E-state index is -0.958. The van der Waals surface area contributed by atoms with Crippen molar-refractivity contribution in [2.24, 2.45) is 23.2 Å². The lowest BCUT2D eigenvalue weighted by atomic mass is 9.74. The highest BCUT2D eigenvalue weighted by Gasteiger charge is 2.41. The lowest BCUT2D eigenvalue weighted by Crippen LogP contribution is -2.47. The van der Waals surface area contributed by atoms with Crippen molar-refractivity contribution in [3.8, 4) is 0 Å². The second kappa shape index (κ2) is 6.37. The highest BCUT2D eigenvalue weighted by atomic mass is 16.4. The first kappa shape index (κ1) is 16.3. The molecule has 0 bridgehead atoms. The van der Waals surface area contributed by atoms with Crippen LogP contribution in [-0.4, -0.2) is 35.0 Å². The number of likely N-dealkylation sites (tertiary alicyclic amines) is 1. The van der Waals surface area contributed by atoms with Crippen LogP contribution in [0.4, 0.5) is 0 Å². The van der Waals surface area contributed by atoms with Crippen LogP contribution >= 0.6 is 0 Å². The van der Waals surface area contributed by atoms with Crippen LogP contribution in [0, 0.1) is 23.2 Å². The number of piperidine rings is 1. The monoisotopic (exact) mass is 295 g/mol. The van der Waals surface area contributed by atoms with Crippen LogP contribution in [0.3, 0.4) is 0 Å². The van der Waals surface area contributed by atoms with E-state index < -0.39 is 11.4 Å². The van der Waals surface area contributed by atoms with Gasteiger partial charge in [-0.15, -0.1) is 0 Å². The Kier molecular flexibility index (Phi) is 4.95. The Morgan fingerprint density at radius 1 is 1.19 bits per heavy atom. The fraction of sp³-hybridized carbons (Fsp3) is 0.882. The summed E-state index contributed by atoms with van der Waals surface area (Å²) in [4.78, 5) is 26.0. The number of carboxylic acid groups (broad SMARTS) is 1. The number of carbonyl (C=O) groups excluding carboxylic acids is 1. The summed E-state index contributed by atoms with van der Waals surface area (Å²) < 4.78 is 0. The molecule has 2 rings (SSSR count). The van der Waals surface area contributed by atoms with Crippen molar-refractivity contribution in [3.63, 3.8) is 0 Å². The van der Waals surface area contributed by atoms with E-state index in [1.807, 2.05) is 18.7 Å². The quantitative estimate of drug-likeness (QED) is 0.866. The second-order valence-corrected chi connectivity index (χ2v) is 7.49. The Hall–Kier alpha value is -1.06. The van der Waals surface area contributed by atoms with Crippen LogP contribution in [0.5, 0.6) is 0 Å². The van der Waals surface area contributed by atoms with Crippen molar-refractivity contribution in [1.82, 2.24) is 4.90 Å². The van der Waals surface area contributed by atoms with Crippen LogP contribution in [0.2, 0.25) is 0 Å². The third kappa shape index (κ3) is 3.41. The number of nitrogens with zero attached hydrogens (tertiary/aromatic N) is 1. The van der Waals surface area contributed by atoms with Gasteiger partial charge in [0.2, 0.25) is 5.91 Å². The van der Waals surface area contributed by atoms with E-state index in [-0.39, 0.29) is 18.2 Å². The van der Waals surface area contributed by atoms with Gasteiger partial charge in [-0.05, 0) is 37.5 Å². The lowest BCUT2D eigenvalue weighted by Gasteiger charge is -2.42. The summed E-state index contributed by atoms with van der Waals surface area (Å²) in [6.45, 7) is 7.12. The third-order valence-electron chi connectivity index (χ3n) is 5.93. The van der Waals surface area contributed by atoms with Gasteiger partial charge in [0, 0.05) is 19.5 Å². The Morgan fingerprint density at radius 3 is 2.38 bits per heavy atom. The zero-order valence-electron chi connectivity index (χ0n) is 13.6. The van der Waals surface area contributed by atoms with Gasteiger partial charge in [-0.1, -0.05) is 33.1 Å². The molecule has 3 atom stereocenters. The molecular weight excluding hydrogens is 266 g/mol. The van der Waals surface area contributed by atoms with Gasteiger partial charge in [-0.3, -0.25) is 9.59 Å². The molecule has 1 heterocycles. The molecule has 2 fully saturated rings. The van der Waals surface area contributed by atoms with Gasteiger partial charge in [0.05, 0.1) is 5.41 Å². The maximum Gasteiger partial charge on any atom is 0.310 e. The van der Waals surface area contributed by atoms with Gasteiger partial charge < -0.3 is 10.0 Å². The van der Waals surface area contributed by atoms with E-state index in [4.69, 9.17) is 0 Å². The molecule has 4 nitrogen and oxygen atoms in total. The van der Waals surface area contributed by atoms with E-state index in [1.165, 1.54) is 25.7 Å². The van der Waals surface area contributed by atoms with Crippen molar-refractivity contribution in [2.75, 3.05) is 13.1 Å². The molecule has 21 heavy (non-hydrogen) atoms. The zero-order chi connectivity index (χ0) is 15.6. The highest BCUT2D eigenvalue weighted by Crippen LogP contribution is 2.37. The normalized spacial score (nSPS) is 28.9. The SMILES string of the molecule is CC(C)C(C)(CC(=O)N1CCC2CCCCC2C1)C(=O)O. The summed E-state index contributed by atoms with van der Waals surface area (Å²) in [7, 11) is 0. The van der Waals surface area contributed by atoms with E-state index in [9.17, 15) is 14.7 Å². The molecule has 2 aliphatic rings. The average Bonchev–Trinajstić information content (AvgIpc) is 2.46. The molecule has 1 aliphatic carbocycles. The van der Waals surface area contributed by atoms with E-state index in [1.54, 1.807) is 6.92 Å². The molecule has 3 unspecified atom stereocenters. The van der Waals surface area contributed by atoms with Crippen molar-refractivity contribution in [1.29, 1.82) is 0 Å². The molecule has 0 aromatic rings. The fourth-order valence-electron chi connectivity index (χ4n) is 3.78. The molecule has 120 valence electrons. The van der Waals surface area contributed by atoms with Gasteiger partial charge in [-0.2, -0.15) is 0 Å². The average molecular weight is 295 g/mol. The van der Waals surface area contributed by atoms with Crippen molar-refractivity contribution in [2.45, 2.75) is 59.3 Å². The second-order valence-electron chi connectivity index (χ2n) is 7.49. The summed E-state index contributed by atoms with van der Waals surface area (Å²) in [5.41, 5.74) is -0.958. The first-order chi connectivity index (χ1) is 9.84. The Labute approximate surface area is 127 Å². The van der Waals surface area contributed by atoms with Crippen LogP contribution in [0.1, 0.15) is 59.3 Å². The van der Waals surface area contributed by atoms with E-state index in [0.29, 0.717) is 5.92 Å². The molecule has 0 aromatic heterocycles. The fourth-order valence-corrected chi connectivity index (χ4v) is 3.78. The number of aliphatic carboxylic acids is 1. The third-order valence-corrected chi connectivity index (χ3v) is 5.93. The molecule has 0 aromatic carbocycles. The Morgan fingerprint density at radius 2 is 1.81 bits per heavy atom. The molecule has 1 saturated heterocycles. The van der Waals surface area contributed by atoms with Crippen LogP contribution < -0.4 is 0 Å².